The van der Waals surface area contributed by atoms with Gasteiger partial charge in [-0.3, -0.25) is 19.8 Å². The second kappa shape index (κ2) is 7.37. The molecule has 4 amide bonds. The summed E-state index contributed by atoms with van der Waals surface area (Å²) in [6, 6.07) is 10.3. The topological polar surface area (TPSA) is 91.7 Å². The normalized spacial score (nSPS) is 19.6. The zero-order valence-corrected chi connectivity index (χ0v) is 14.5. The molecule has 7 nitrogen and oxygen atoms in total. The molecule has 0 radical (unpaired) electrons. The monoisotopic (exact) mass is 395 g/mol. The third-order valence-corrected chi connectivity index (χ3v) is 4.27. The summed E-state index contributed by atoms with van der Waals surface area (Å²) in [5.41, 5.74) is -2.62. The van der Waals surface area contributed by atoms with E-state index in [9.17, 15) is 27.6 Å². The van der Waals surface area contributed by atoms with Gasteiger partial charge in [0.25, 0.3) is 17.5 Å². The number of alkyl halides is 3. The van der Waals surface area contributed by atoms with Crippen LogP contribution in [-0.4, -0.2) is 41.1 Å². The minimum absolute atomic E-state index is 0.228. The number of rotatable bonds is 6. The van der Waals surface area contributed by atoms with E-state index in [-0.39, 0.29) is 13.0 Å². The molecule has 1 aromatic carbocycles. The zero-order chi connectivity index (χ0) is 20.4. The van der Waals surface area contributed by atoms with E-state index in [0.717, 1.165) is 17.9 Å². The summed E-state index contributed by atoms with van der Waals surface area (Å²) in [5.74, 6) is -3.28. The largest absolute Gasteiger partial charge is 0.459 e. The molecule has 0 aliphatic carbocycles. The highest BCUT2D eigenvalue weighted by Crippen LogP contribution is 2.34. The molecule has 10 heteroatoms. The molecule has 1 aromatic heterocycles. The van der Waals surface area contributed by atoms with Crippen LogP contribution in [0.15, 0.2) is 53.1 Å². The minimum atomic E-state index is -5.25. The first-order valence-corrected chi connectivity index (χ1v) is 8.35. The summed E-state index contributed by atoms with van der Waals surface area (Å²) in [6.07, 6.45) is -3.42. The minimum Gasteiger partial charge on any atom is -0.459 e. The number of benzene rings is 1. The quantitative estimate of drug-likeness (QED) is 0.735. The van der Waals surface area contributed by atoms with Gasteiger partial charge >= 0.3 is 12.2 Å². The maximum Gasteiger partial charge on any atom is 0.440 e. The highest BCUT2D eigenvalue weighted by molar-refractivity contribution is 6.10. The van der Waals surface area contributed by atoms with Gasteiger partial charge in [-0.15, -0.1) is 0 Å². The molecule has 1 atom stereocenters. The van der Waals surface area contributed by atoms with E-state index in [1.165, 1.54) is 6.07 Å². The molecule has 1 saturated heterocycles. The molecule has 1 aliphatic heterocycles. The SMILES string of the molecule is O=C(NC1(C(F)(F)F)NC(=O)N(CCCc2ccccc2)C1=O)c1ccco1. The smallest absolute Gasteiger partial charge is 0.440 e. The van der Waals surface area contributed by atoms with E-state index in [4.69, 9.17) is 4.42 Å². The van der Waals surface area contributed by atoms with Gasteiger partial charge in [0.2, 0.25) is 0 Å². The Morgan fingerprint density at radius 1 is 1.14 bits per heavy atom. The van der Waals surface area contributed by atoms with Crippen molar-refractivity contribution in [2.45, 2.75) is 24.7 Å². The fourth-order valence-electron chi connectivity index (χ4n) is 2.85. The van der Waals surface area contributed by atoms with Gasteiger partial charge in [0.05, 0.1) is 6.26 Å². The lowest BCUT2D eigenvalue weighted by Crippen LogP contribution is -2.69. The predicted octanol–water partition coefficient (Wildman–Crippen LogP) is 2.45. The molecule has 1 fully saturated rings. The maximum atomic E-state index is 13.7. The Kier molecular flexibility index (Phi) is 5.12. The van der Waals surface area contributed by atoms with Crippen LogP contribution in [0.2, 0.25) is 0 Å². The van der Waals surface area contributed by atoms with Crippen molar-refractivity contribution in [2.75, 3.05) is 6.54 Å². The molecule has 148 valence electrons. The lowest BCUT2D eigenvalue weighted by Gasteiger charge is -2.29. The molecule has 1 aliphatic rings. The zero-order valence-electron chi connectivity index (χ0n) is 14.5. The molecule has 3 rings (SSSR count). The summed E-state index contributed by atoms with van der Waals surface area (Å²) < 4.78 is 45.8. The first kappa shape index (κ1) is 19.5. The number of carbonyl (C=O) groups is 3. The van der Waals surface area contributed by atoms with Gasteiger partial charge in [0.1, 0.15) is 0 Å². The van der Waals surface area contributed by atoms with Crippen LogP contribution in [0.25, 0.3) is 0 Å². The van der Waals surface area contributed by atoms with E-state index >= 15 is 0 Å². The maximum absolute atomic E-state index is 13.7. The van der Waals surface area contributed by atoms with Gasteiger partial charge < -0.3 is 9.73 Å². The van der Waals surface area contributed by atoms with E-state index in [2.05, 4.69) is 0 Å². The van der Waals surface area contributed by atoms with Crippen molar-refractivity contribution in [1.82, 2.24) is 15.5 Å². The Morgan fingerprint density at radius 3 is 2.46 bits per heavy atom. The first-order valence-electron chi connectivity index (χ1n) is 8.35. The van der Waals surface area contributed by atoms with Gasteiger partial charge in [-0.2, -0.15) is 13.2 Å². The van der Waals surface area contributed by atoms with Gasteiger partial charge in [-0.1, -0.05) is 30.3 Å². The van der Waals surface area contributed by atoms with E-state index in [1.54, 1.807) is 10.6 Å². The van der Waals surface area contributed by atoms with Crippen molar-refractivity contribution in [2.24, 2.45) is 0 Å². The lowest BCUT2D eigenvalue weighted by molar-refractivity contribution is -0.200. The van der Waals surface area contributed by atoms with Crippen LogP contribution in [-0.2, 0) is 11.2 Å². The fourth-order valence-corrected chi connectivity index (χ4v) is 2.85. The molecule has 1 unspecified atom stereocenters. The standard InChI is InChI=1S/C18H16F3N3O4/c19-18(20,21)17(22-14(25)13-9-5-11-28-13)15(26)24(16(27)23-17)10-4-8-12-6-2-1-3-7-12/h1-3,5-7,9,11H,4,8,10H2,(H,22,25)(H,23,27). The molecular formula is C18H16F3N3O4. The van der Waals surface area contributed by atoms with Gasteiger partial charge in [-0.05, 0) is 30.5 Å². The Balaban J connectivity index is 1.75. The van der Waals surface area contributed by atoms with Crippen LogP contribution in [0.4, 0.5) is 18.0 Å². The van der Waals surface area contributed by atoms with Crippen molar-refractivity contribution < 1.29 is 32.0 Å². The predicted molar refractivity (Wildman–Crippen MR) is 90.0 cm³/mol. The number of urea groups is 1. The van der Waals surface area contributed by atoms with Gasteiger partial charge in [0, 0.05) is 6.54 Å². The third-order valence-electron chi connectivity index (χ3n) is 4.27. The number of carbonyl (C=O) groups excluding carboxylic acids is 3. The number of halogens is 3. The van der Waals surface area contributed by atoms with Crippen molar-refractivity contribution in [3.05, 3.63) is 60.1 Å². The summed E-state index contributed by atoms with van der Waals surface area (Å²) >= 11 is 0. The molecule has 2 aromatic rings. The van der Waals surface area contributed by atoms with Crippen LogP contribution in [0, 0.1) is 0 Å². The number of nitrogens with one attached hydrogen (secondary N) is 2. The van der Waals surface area contributed by atoms with Crippen molar-refractivity contribution in [3.63, 3.8) is 0 Å². The van der Waals surface area contributed by atoms with Gasteiger partial charge in [-0.25, -0.2) is 4.79 Å². The number of furan rings is 1. The Hall–Kier alpha value is -3.30. The van der Waals surface area contributed by atoms with E-state index < -0.39 is 35.4 Å². The molecule has 0 bridgehead atoms. The van der Waals surface area contributed by atoms with Crippen molar-refractivity contribution in [1.29, 1.82) is 0 Å². The summed E-state index contributed by atoms with van der Waals surface area (Å²) in [4.78, 5) is 37.1. The van der Waals surface area contributed by atoms with Gasteiger partial charge in [0.15, 0.2) is 5.76 Å². The summed E-state index contributed by atoms with van der Waals surface area (Å²) in [7, 11) is 0. The number of nitrogens with zero attached hydrogens (tertiary/aromatic N) is 1. The number of hydrogen-bond donors (Lipinski definition) is 2. The number of imide groups is 1. The van der Waals surface area contributed by atoms with Crippen molar-refractivity contribution in [3.8, 4) is 0 Å². The molecule has 2 heterocycles. The highest BCUT2D eigenvalue weighted by Gasteiger charge is 2.68. The Labute approximate surface area is 157 Å². The van der Waals surface area contributed by atoms with Crippen molar-refractivity contribution >= 4 is 17.8 Å². The molecule has 28 heavy (non-hydrogen) atoms. The van der Waals surface area contributed by atoms with Crippen LogP contribution >= 0.6 is 0 Å². The third kappa shape index (κ3) is 3.57. The Bertz CT molecular complexity index is 868. The number of hydrogen-bond acceptors (Lipinski definition) is 4. The van der Waals surface area contributed by atoms with E-state index in [0.29, 0.717) is 11.3 Å². The lowest BCUT2D eigenvalue weighted by atomic mass is 10.1. The number of aryl methyl sites for hydroxylation is 1. The summed E-state index contributed by atoms with van der Waals surface area (Å²) in [5, 5.41) is 3.16. The van der Waals surface area contributed by atoms with E-state index in [1.807, 2.05) is 30.3 Å². The van der Waals surface area contributed by atoms with Crippen LogP contribution in [0.5, 0.6) is 0 Å². The molecule has 0 saturated carbocycles. The second-order valence-electron chi connectivity index (χ2n) is 6.16. The average molecular weight is 395 g/mol. The van der Waals surface area contributed by atoms with Crippen LogP contribution in [0.1, 0.15) is 22.5 Å². The fraction of sp³-hybridized carbons (Fsp3) is 0.278. The Morgan fingerprint density at radius 2 is 1.86 bits per heavy atom. The van der Waals surface area contributed by atoms with Crippen LogP contribution in [0.3, 0.4) is 0 Å². The number of amides is 4. The molecule has 2 N–H and O–H groups in total. The molecule has 0 spiro atoms. The molecular weight excluding hydrogens is 379 g/mol. The van der Waals surface area contributed by atoms with Crippen LogP contribution < -0.4 is 10.6 Å². The average Bonchev–Trinajstić information content (AvgIpc) is 3.25. The second-order valence-corrected chi connectivity index (χ2v) is 6.16. The first-order chi connectivity index (χ1) is 13.2. The highest BCUT2D eigenvalue weighted by atomic mass is 19.4. The summed E-state index contributed by atoms with van der Waals surface area (Å²) in [6.45, 7) is -0.228.